The van der Waals surface area contributed by atoms with Gasteiger partial charge in [0.25, 0.3) is 0 Å². The molecule has 2 aromatic carbocycles. The summed E-state index contributed by atoms with van der Waals surface area (Å²) in [5.41, 5.74) is 1.84. The maximum atomic E-state index is 6.21. The summed E-state index contributed by atoms with van der Waals surface area (Å²) in [7, 11) is 0. The van der Waals surface area contributed by atoms with Gasteiger partial charge in [0.1, 0.15) is 0 Å². The summed E-state index contributed by atoms with van der Waals surface area (Å²) in [5, 5.41) is 3.15. The average Bonchev–Trinajstić information content (AvgIpc) is 2.46. The SMILES string of the molecule is Clc1ccc2c(SCc3c(Cl)cccc3Cl)ccnc2c1. The Morgan fingerprint density at radius 2 is 1.71 bits per heavy atom. The standard InChI is InChI=1S/C16H10Cl3NS/c17-10-4-5-11-15(8-10)20-7-6-16(11)21-9-12-13(18)2-1-3-14(12)19/h1-8H,9H2. The van der Waals surface area contributed by atoms with Crippen molar-refractivity contribution >= 4 is 57.5 Å². The number of rotatable bonds is 3. The van der Waals surface area contributed by atoms with Crippen molar-refractivity contribution in [1.82, 2.24) is 4.98 Å². The van der Waals surface area contributed by atoms with Gasteiger partial charge in [-0.1, -0.05) is 46.9 Å². The van der Waals surface area contributed by atoms with Gasteiger partial charge in [-0.3, -0.25) is 4.98 Å². The first-order chi connectivity index (χ1) is 10.1. The molecule has 0 bridgehead atoms. The fourth-order valence-electron chi connectivity index (χ4n) is 2.04. The van der Waals surface area contributed by atoms with Crippen molar-refractivity contribution in [1.29, 1.82) is 0 Å². The molecule has 21 heavy (non-hydrogen) atoms. The summed E-state index contributed by atoms with van der Waals surface area (Å²) < 4.78 is 0. The second-order valence-corrected chi connectivity index (χ2v) is 6.73. The van der Waals surface area contributed by atoms with Crippen molar-refractivity contribution in [2.24, 2.45) is 0 Å². The van der Waals surface area contributed by atoms with Gasteiger partial charge in [-0.05, 0) is 35.9 Å². The lowest BCUT2D eigenvalue weighted by Gasteiger charge is -2.09. The fourth-order valence-corrected chi connectivity index (χ4v) is 3.99. The van der Waals surface area contributed by atoms with Gasteiger partial charge in [-0.2, -0.15) is 0 Å². The lowest BCUT2D eigenvalue weighted by molar-refractivity contribution is 1.34. The number of hydrogen-bond acceptors (Lipinski definition) is 2. The van der Waals surface area contributed by atoms with Crippen LogP contribution in [0.15, 0.2) is 53.6 Å². The van der Waals surface area contributed by atoms with Gasteiger partial charge in [-0.25, -0.2) is 0 Å². The third-order valence-electron chi connectivity index (χ3n) is 3.10. The zero-order chi connectivity index (χ0) is 14.8. The first-order valence-corrected chi connectivity index (χ1v) is 8.37. The molecule has 106 valence electrons. The van der Waals surface area contributed by atoms with Crippen molar-refractivity contribution in [3.8, 4) is 0 Å². The molecule has 0 saturated heterocycles. The number of aromatic nitrogens is 1. The molecule has 0 spiro atoms. The molecule has 0 atom stereocenters. The highest BCUT2D eigenvalue weighted by atomic mass is 35.5. The van der Waals surface area contributed by atoms with E-state index in [9.17, 15) is 0 Å². The van der Waals surface area contributed by atoms with Gasteiger partial charge in [0.2, 0.25) is 0 Å². The van der Waals surface area contributed by atoms with Crippen molar-refractivity contribution in [3.05, 3.63) is 69.3 Å². The van der Waals surface area contributed by atoms with E-state index in [1.165, 1.54) is 0 Å². The van der Waals surface area contributed by atoms with E-state index in [2.05, 4.69) is 4.98 Å². The summed E-state index contributed by atoms with van der Waals surface area (Å²) in [6, 6.07) is 13.3. The molecule has 0 aliphatic heterocycles. The molecule has 0 aliphatic rings. The molecule has 3 rings (SSSR count). The quantitative estimate of drug-likeness (QED) is 0.499. The topological polar surface area (TPSA) is 12.9 Å². The van der Waals surface area contributed by atoms with E-state index < -0.39 is 0 Å². The Hall–Kier alpha value is -0.930. The van der Waals surface area contributed by atoms with Gasteiger partial charge >= 0.3 is 0 Å². The molecule has 1 nitrogen and oxygen atoms in total. The largest absolute Gasteiger partial charge is 0.256 e. The van der Waals surface area contributed by atoms with Crippen LogP contribution in [0.2, 0.25) is 15.1 Å². The van der Waals surface area contributed by atoms with Crippen LogP contribution < -0.4 is 0 Å². The van der Waals surface area contributed by atoms with E-state index in [0.717, 1.165) is 21.4 Å². The van der Waals surface area contributed by atoms with Crippen molar-refractivity contribution in [2.45, 2.75) is 10.6 Å². The first-order valence-electron chi connectivity index (χ1n) is 6.25. The number of benzene rings is 2. The van der Waals surface area contributed by atoms with E-state index in [1.807, 2.05) is 42.5 Å². The Morgan fingerprint density at radius 1 is 0.952 bits per heavy atom. The van der Waals surface area contributed by atoms with Crippen LogP contribution in [0.4, 0.5) is 0 Å². The zero-order valence-electron chi connectivity index (χ0n) is 10.8. The van der Waals surface area contributed by atoms with Gasteiger partial charge in [-0.15, -0.1) is 11.8 Å². The van der Waals surface area contributed by atoms with E-state index in [1.54, 1.807) is 18.0 Å². The van der Waals surface area contributed by atoms with Crippen molar-refractivity contribution in [3.63, 3.8) is 0 Å². The van der Waals surface area contributed by atoms with Crippen molar-refractivity contribution in [2.75, 3.05) is 0 Å². The number of fused-ring (bicyclic) bond motifs is 1. The van der Waals surface area contributed by atoms with Gasteiger partial charge < -0.3 is 0 Å². The van der Waals surface area contributed by atoms with Gasteiger partial charge in [0.15, 0.2) is 0 Å². The van der Waals surface area contributed by atoms with Crippen LogP contribution in [0.1, 0.15) is 5.56 Å². The molecule has 0 saturated carbocycles. The van der Waals surface area contributed by atoms with Crippen LogP contribution in [0.25, 0.3) is 10.9 Å². The zero-order valence-corrected chi connectivity index (χ0v) is 13.9. The monoisotopic (exact) mass is 353 g/mol. The molecule has 1 aromatic heterocycles. The van der Waals surface area contributed by atoms with Gasteiger partial charge in [0.05, 0.1) is 5.52 Å². The second kappa shape index (κ2) is 6.45. The summed E-state index contributed by atoms with van der Waals surface area (Å²) in [6.45, 7) is 0. The lowest BCUT2D eigenvalue weighted by atomic mass is 10.2. The Kier molecular flexibility index (Phi) is 4.60. The lowest BCUT2D eigenvalue weighted by Crippen LogP contribution is -1.86. The highest BCUT2D eigenvalue weighted by Crippen LogP contribution is 2.34. The molecule has 0 aliphatic carbocycles. The Bertz CT molecular complexity index is 784. The predicted octanol–water partition coefficient (Wildman–Crippen LogP) is 6.49. The molecule has 3 aromatic rings. The fraction of sp³-hybridized carbons (Fsp3) is 0.0625. The van der Waals surface area contributed by atoms with E-state index in [-0.39, 0.29) is 0 Å². The van der Waals surface area contributed by atoms with E-state index >= 15 is 0 Å². The third-order valence-corrected chi connectivity index (χ3v) is 5.14. The number of halogens is 3. The van der Waals surface area contributed by atoms with Gasteiger partial charge in [0, 0.05) is 37.3 Å². The maximum absolute atomic E-state index is 6.21. The minimum atomic E-state index is 0.686. The summed E-state index contributed by atoms with van der Waals surface area (Å²) in [4.78, 5) is 5.47. The summed E-state index contributed by atoms with van der Waals surface area (Å²) in [6.07, 6.45) is 1.79. The van der Waals surface area contributed by atoms with E-state index in [0.29, 0.717) is 20.8 Å². The smallest absolute Gasteiger partial charge is 0.0728 e. The van der Waals surface area contributed by atoms with E-state index in [4.69, 9.17) is 34.8 Å². The molecular weight excluding hydrogens is 345 g/mol. The Morgan fingerprint density at radius 3 is 2.48 bits per heavy atom. The summed E-state index contributed by atoms with van der Waals surface area (Å²) >= 11 is 20.1. The van der Waals surface area contributed by atoms with Crippen LogP contribution in [0.3, 0.4) is 0 Å². The first kappa shape index (κ1) is 15.0. The van der Waals surface area contributed by atoms with Crippen LogP contribution >= 0.6 is 46.6 Å². The normalized spacial score (nSPS) is 11.0. The molecule has 0 radical (unpaired) electrons. The number of hydrogen-bond donors (Lipinski definition) is 0. The molecule has 1 heterocycles. The Balaban J connectivity index is 1.92. The minimum absolute atomic E-state index is 0.686. The molecule has 0 unspecified atom stereocenters. The third kappa shape index (κ3) is 3.29. The number of thioether (sulfide) groups is 1. The average molecular weight is 355 g/mol. The number of pyridine rings is 1. The van der Waals surface area contributed by atoms with Crippen LogP contribution in [-0.4, -0.2) is 4.98 Å². The molecule has 0 amide bonds. The second-order valence-electron chi connectivity index (χ2n) is 4.46. The number of nitrogens with zero attached hydrogens (tertiary/aromatic N) is 1. The molecular formula is C16H10Cl3NS. The molecule has 0 N–H and O–H groups in total. The highest BCUT2D eigenvalue weighted by Gasteiger charge is 2.08. The maximum Gasteiger partial charge on any atom is 0.0728 e. The van der Waals surface area contributed by atoms with Crippen LogP contribution in [0.5, 0.6) is 0 Å². The van der Waals surface area contributed by atoms with Crippen molar-refractivity contribution < 1.29 is 0 Å². The van der Waals surface area contributed by atoms with Crippen LogP contribution in [0, 0.1) is 0 Å². The Labute approximate surface area is 142 Å². The molecule has 5 heteroatoms. The predicted molar refractivity (Wildman–Crippen MR) is 92.8 cm³/mol. The van der Waals surface area contributed by atoms with Crippen LogP contribution in [-0.2, 0) is 5.75 Å². The summed E-state index contributed by atoms with van der Waals surface area (Å²) in [5.74, 6) is 0.709. The highest BCUT2D eigenvalue weighted by molar-refractivity contribution is 7.98. The molecule has 0 fully saturated rings. The minimum Gasteiger partial charge on any atom is -0.256 e.